The molecule has 1 rings (SSSR count). The summed E-state index contributed by atoms with van der Waals surface area (Å²) in [5, 5.41) is 8.95. The number of phenols is 1. The summed E-state index contributed by atoms with van der Waals surface area (Å²) in [6, 6.07) is 6.20. The Morgan fingerprint density at radius 2 is 1.62 bits per heavy atom. The van der Waals surface area contributed by atoms with Gasteiger partial charge in [0.05, 0.1) is 6.04 Å². The van der Waals surface area contributed by atoms with E-state index in [-0.39, 0.29) is 5.75 Å². The third kappa shape index (κ3) is 8.00. The van der Waals surface area contributed by atoms with Crippen LogP contribution in [0.25, 0.3) is 0 Å². The zero-order valence-electron chi connectivity index (χ0n) is 10.6. The third-order valence-corrected chi connectivity index (χ3v) is 1.58. The minimum atomic E-state index is -0.449. The molecule has 0 aliphatic rings. The van der Waals surface area contributed by atoms with Gasteiger partial charge in [-0.25, -0.2) is 0 Å². The van der Waals surface area contributed by atoms with Gasteiger partial charge in [0.2, 0.25) is 0 Å². The van der Waals surface area contributed by atoms with Gasteiger partial charge >= 0.3 is 0 Å². The van der Waals surface area contributed by atoms with E-state index in [4.69, 9.17) is 10.8 Å². The lowest BCUT2D eigenvalue weighted by Gasteiger charge is -2.03. The number of hydrogen-bond acceptors (Lipinski definition) is 3. The summed E-state index contributed by atoms with van der Waals surface area (Å²) in [5.41, 5.74) is 6.36. The van der Waals surface area contributed by atoms with Crippen molar-refractivity contribution >= 4 is 6.29 Å². The number of rotatable bonds is 3. The Morgan fingerprint density at radius 1 is 1.19 bits per heavy atom. The van der Waals surface area contributed by atoms with Gasteiger partial charge in [-0.15, -0.1) is 0 Å². The second-order valence-electron chi connectivity index (χ2n) is 2.67. The van der Waals surface area contributed by atoms with Gasteiger partial charge in [-0.1, -0.05) is 39.8 Å². The van der Waals surface area contributed by atoms with Gasteiger partial charge < -0.3 is 15.6 Å². The summed E-state index contributed by atoms with van der Waals surface area (Å²) in [5.74, 6) is 0.221. The average Bonchev–Trinajstić information content (AvgIpc) is 2.37. The molecule has 0 spiro atoms. The van der Waals surface area contributed by atoms with Crippen molar-refractivity contribution in [3.05, 3.63) is 29.8 Å². The second kappa shape index (κ2) is 11.7. The van der Waals surface area contributed by atoms with Crippen LogP contribution in [-0.2, 0) is 11.2 Å². The maximum Gasteiger partial charge on any atom is 0.137 e. The number of aromatic hydroxyl groups is 1. The monoisotopic (exact) mass is 225 g/mol. The van der Waals surface area contributed by atoms with Crippen LogP contribution < -0.4 is 5.73 Å². The van der Waals surface area contributed by atoms with Crippen molar-refractivity contribution in [2.75, 3.05) is 0 Å². The van der Waals surface area contributed by atoms with Crippen molar-refractivity contribution in [3.8, 4) is 5.75 Å². The summed E-state index contributed by atoms with van der Waals surface area (Å²) < 4.78 is 0. The molecule has 3 N–H and O–H groups in total. The van der Waals surface area contributed by atoms with E-state index >= 15 is 0 Å². The molecule has 1 aromatic carbocycles. The molecule has 16 heavy (non-hydrogen) atoms. The van der Waals surface area contributed by atoms with Crippen molar-refractivity contribution in [1.29, 1.82) is 0 Å². The van der Waals surface area contributed by atoms with Crippen molar-refractivity contribution in [3.63, 3.8) is 0 Å². The molecule has 0 aliphatic carbocycles. The van der Waals surface area contributed by atoms with E-state index in [0.29, 0.717) is 12.7 Å². The molecule has 0 aromatic heterocycles. The van der Waals surface area contributed by atoms with Crippen LogP contribution in [-0.4, -0.2) is 17.4 Å². The van der Waals surface area contributed by atoms with Crippen LogP contribution in [0.1, 0.15) is 33.3 Å². The van der Waals surface area contributed by atoms with Crippen LogP contribution >= 0.6 is 0 Å². The standard InChI is InChI=1S/C9H11NO2.2C2H6/c10-8(6-11)5-7-1-3-9(12)4-2-7;2*1-2/h1-4,6,8,12H,5,10H2;2*1-2H3. The largest absolute Gasteiger partial charge is 0.508 e. The van der Waals surface area contributed by atoms with Gasteiger partial charge in [0.15, 0.2) is 0 Å². The smallest absolute Gasteiger partial charge is 0.137 e. The van der Waals surface area contributed by atoms with Crippen molar-refractivity contribution in [2.45, 2.75) is 40.2 Å². The van der Waals surface area contributed by atoms with Gasteiger partial charge in [0, 0.05) is 0 Å². The van der Waals surface area contributed by atoms with Crippen LogP contribution in [0.5, 0.6) is 5.75 Å². The molecule has 0 saturated heterocycles. The highest BCUT2D eigenvalue weighted by molar-refractivity contribution is 5.57. The molecule has 0 heterocycles. The van der Waals surface area contributed by atoms with Crippen molar-refractivity contribution < 1.29 is 9.90 Å². The Labute approximate surface area is 98.3 Å². The van der Waals surface area contributed by atoms with Crippen LogP contribution in [0, 0.1) is 0 Å². The first-order valence-electron chi connectivity index (χ1n) is 5.71. The Morgan fingerprint density at radius 3 is 2.00 bits per heavy atom. The number of hydrogen-bond donors (Lipinski definition) is 2. The van der Waals surface area contributed by atoms with Crippen LogP contribution in [0.2, 0.25) is 0 Å². The Balaban J connectivity index is 0. The minimum Gasteiger partial charge on any atom is -0.508 e. The molecule has 1 aromatic rings. The molecular weight excluding hydrogens is 202 g/mol. The number of carbonyl (C=O) groups excluding carboxylic acids is 1. The van der Waals surface area contributed by atoms with Gasteiger partial charge in [-0.3, -0.25) is 0 Å². The lowest BCUT2D eigenvalue weighted by Crippen LogP contribution is -2.23. The number of nitrogens with two attached hydrogens (primary N) is 1. The highest BCUT2D eigenvalue weighted by Gasteiger charge is 2.00. The summed E-state index contributed by atoms with van der Waals surface area (Å²) in [7, 11) is 0. The van der Waals surface area contributed by atoms with Crippen molar-refractivity contribution in [1.82, 2.24) is 0 Å². The highest BCUT2D eigenvalue weighted by atomic mass is 16.3. The Bertz CT molecular complexity index is 257. The van der Waals surface area contributed by atoms with E-state index in [2.05, 4.69) is 0 Å². The van der Waals surface area contributed by atoms with Gasteiger partial charge in [0.25, 0.3) is 0 Å². The maximum absolute atomic E-state index is 10.2. The number of phenolic OH excluding ortho intramolecular Hbond substituents is 1. The molecule has 0 fully saturated rings. The molecule has 0 radical (unpaired) electrons. The molecule has 3 nitrogen and oxygen atoms in total. The summed E-state index contributed by atoms with van der Waals surface area (Å²) >= 11 is 0. The lowest BCUT2D eigenvalue weighted by atomic mass is 10.1. The highest BCUT2D eigenvalue weighted by Crippen LogP contribution is 2.10. The summed E-state index contributed by atoms with van der Waals surface area (Å²) in [6.45, 7) is 8.00. The van der Waals surface area contributed by atoms with Gasteiger partial charge in [-0.2, -0.15) is 0 Å². The molecule has 1 atom stereocenters. The normalized spacial score (nSPS) is 10.1. The predicted octanol–water partition coefficient (Wildman–Crippen LogP) is 2.51. The first kappa shape index (κ1) is 17.1. The van der Waals surface area contributed by atoms with E-state index in [1.54, 1.807) is 24.3 Å². The molecule has 0 saturated carbocycles. The van der Waals surface area contributed by atoms with Crippen LogP contribution in [0.15, 0.2) is 24.3 Å². The second-order valence-corrected chi connectivity index (χ2v) is 2.67. The topological polar surface area (TPSA) is 63.3 Å². The van der Waals surface area contributed by atoms with E-state index in [1.165, 1.54) is 0 Å². The van der Waals surface area contributed by atoms with E-state index in [9.17, 15) is 4.79 Å². The fourth-order valence-corrected chi connectivity index (χ4v) is 0.952. The SMILES string of the molecule is CC.CC.NC(C=O)Cc1ccc(O)cc1. The summed E-state index contributed by atoms with van der Waals surface area (Å²) in [4.78, 5) is 10.2. The molecule has 1 unspecified atom stereocenters. The first-order chi connectivity index (χ1) is 7.72. The Hall–Kier alpha value is -1.35. The fourth-order valence-electron chi connectivity index (χ4n) is 0.952. The minimum absolute atomic E-state index is 0.221. The quantitative estimate of drug-likeness (QED) is 0.777. The first-order valence-corrected chi connectivity index (χ1v) is 5.71. The molecular formula is C13H23NO2. The lowest BCUT2D eigenvalue weighted by molar-refractivity contribution is -0.108. The van der Waals surface area contributed by atoms with Gasteiger partial charge in [0.1, 0.15) is 12.0 Å². The zero-order valence-corrected chi connectivity index (χ0v) is 10.6. The predicted molar refractivity (Wildman–Crippen MR) is 68.5 cm³/mol. The van der Waals surface area contributed by atoms with E-state index in [1.807, 2.05) is 27.7 Å². The maximum atomic E-state index is 10.2. The number of benzene rings is 1. The molecule has 0 bridgehead atoms. The number of aldehydes is 1. The van der Waals surface area contributed by atoms with Crippen LogP contribution in [0.3, 0.4) is 0 Å². The van der Waals surface area contributed by atoms with E-state index < -0.39 is 6.04 Å². The fraction of sp³-hybridized carbons (Fsp3) is 0.462. The molecule has 0 amide bonds. The Kier molecular flexibility index (Phi) is 12.5. The number of carbonyl (C=O) groups is 1. The zero-order chi connectivity index (χ0) is 13.0. The third-order valence-electron chi connectivity index (χ3n) is 1.58. The average molecular weight is 225 g/mol. The summed E-state index contributed by atoms with van der Waals surface area (Å²) in [6.07, 6.45) is 1.23. The van der Waals surface area contributed by atoms with E-state index in [0.717, 1.165) is 5.56 Å². The van der Waals surface area contributed by atoms with Crippen LogP contribution in [0.4, 0.5) is 0 Å². The molecule has 3 heteroatoms. The molecule has 0 aliphatic heterocycles. The molecule has 92 valence electrons. The van der Waals surface area contributed by atoms with Gasteiger partial charge in [-0.05, 0) is 24.1 Å². The van der Waals surface area contributed by atoms with Crippen molar-refractivity contribution in [2.24, 2.45) is 5.73 Å².